The number of benzene rings is 2. The molecule has 2 aromatic carbocycles. The number of phenolic OH excluding ortho intramolecular Hbond substituents is 1. The number of ether oxygens (including phenoxy) is 11. The van der Waals surface area contributed by atoms with Gasteiger partial charge in [-0.15, -0.1) is 0 Å². The van der Waals surface area contributed by atoms with Crippen LogP contribution in [-0.4, -0.2) is 193 Å². The third kappa shape index (κ3) is 20.7. The molecule has 0 saturated heterocycles. The van der Waals surface area contributed by atoms with Gasteiger partial charge in [0.2, 0.25) is 23.8 Å². The van der Waals surface area contributed by atoms with Gasteiger partial charge < -0.3 is 83.5 Å². The molecule has 0 spiro atoms. The average molecular weight is 1220 g/mol. The molecule has 2 aromatic heterocycles. The van der Waals surface area contributed by atoms with E-state index in [-0.39, 0.29) is 81.0 Å². The molecule has 5 amide bonds. The van der Waals surface area contributed by atoms with Gasteiger partial charge in [0.25, 0.3) is 17.4 Å². The van der Waals surface area contributed by atoms with Gasteiger partial charge in [-0.3, -0.25) is 33.7 Å². The number of phenols is 1. The fourth-order valence-corrected chi connectivity index (χ4v) is 9.44. The van der Waals surface area contributed by atoms with Crippen LogP contribution < -0.4 is 27.2 Å². The van der Waals surface area contributed by atoms with Gasteiger partial charge >= 0.3 is 12.1 Å². The number of nitrogens with two attached hydrogens (primary N) is 1. The summed E-state index contributed by atoms with van der Waals surface area (Å²) < 4.78 is 61.7. The molecule has 27 heteroatoms. The van der Waals surface area contributed by atoms with E-state index in [1.165, 1.54) is 18.2 Å². The first-order chi connectivity index (χ1) is 42.3. The highest BCUT2D eigenvalue weighted by atomic mass is 16.7. The molecule has 0 fully saturated rings. The molecular weight excluding hydrogens is 1140 g/mol. The van der Waals surface area contributed by atoms with Crippen LogP contribution in [0.4, 0.5) is 10.5 Å². The van der Waals surface area contributed by atoms with Crippen LogP contribution in [0.5, 0.6) is 5.75 Å². The standard InChI is InChI=1S/C60H77N7O20/c1-2-43-44-35-42(68)10-11-48(44)65-55-46(43)37-67-50(55)36-45-47(58(67)74)39-85-59(75)56(45)87-60(76)86-38-40-6-8-41(9-7-40)63-57(73)49(5-3-4-16-61)64-52(70)15-19-77-21-23-79-25-27-81-29-31-83-33-34-84-32-30-82-28-26-80-24-22-78-20-17-62-51(69)14-18-66-53(71)12-13-54(66)72/h6-13,35-36,49,56,68H,2-5,14-34,37-39,61H2,1H3,(H,62,69)(H,63,73)(H,64,70)/t49-,56-/m0/s1. The van der Waals surface area contributed by atoms with E-state index >= 15 is 0 Å². The SMILES string of the molecule is CCc1c2c(nc3ccc(O)cc13)-c1cc3c(c(=O)n1C2)COC(=O)[C@H]3OC(=O)OCc1ccc(NC(=O)[C@H](CCCCN)NC(=O)CCOCCOCCOCCOCCOCCOCCOCCOCCNC(=O)CCN2C(=O)C=CC2=O)cc1. The van der Waals surface area contributed by atoms with Crippen LogP contribution >= 0.6 is 0 Å². The average Bonchev–Trinajstić information content (AvgIpc) is 1.66. The van der Waals surface area contributed by atoms with Crippen LogP contribution in [0.2, 0.25) is 0 Å². The Kier molecular flexibility index (Phi) is 27.5. The number of amides is 5. The van der Waals surface area contributed by atoms with E-state index in [0.717, 1.165) is 21.4 Å². The molecule has 0 bridgehead atoms. The number of esters is 1. The number of aromatic nitrogens is 2. The number of fused-ring (bicyclic) bond motifs is 5. The molecule has 5 heterocycles. The first kappa shape index (κ1) is 66.8. The van der Waals surface area contributed by atoms with E-state index in [9.17, 15) is 43.5 Å². The summed E-state index contributed by atoms with van der Waals surface area (Å²) in [4.78, 5) is 107. The maximum absolute atomic E-state index is 13.9. The van der Waals surface area contributed by atoms with Crippen molar-refractivity contribution in [3.8, 4) is 17.1 Å². The van der Waals surface area contributed by atoms with Crippen LogP contribution in [0.15, 0.2) is 65.5 Å². The Bertz CT molecular complexity index is 3050. The Morgan fingerprint density at radius 2 is 1.32 bits per heavy atom. The molecule has 0 radical (unpaired) electrons. The molecule has 0 aliphatic carbocycles. The van der Waals surface area contributed by atoms with Crippen molar-refractivity contribution in [1.29, 1.82) is 0 Å². The largest absolute Gasteiger partial charge is 0.509 e. The molecule has 7 rings (SSSR count). The van der Waals surface area contributed by atoms with Crippen LogP contribution in [0.3, 0.4) is 0 Å². The van der Waals surface area contributed by atoms with E-state index in [2.05, 4.69) is 16.0 Å². The highest BCUT2D eigenvalue weighted by Crippen LogP contribution is 2.39. The summed E-state index contributed by atoms with van der Waals surface area (Å²) >= 11 is 0. The van der Waals surface area contributed by atoms with E-state index < -0.39 is 47.6 Å². The number of aromatic hydroxyl groups is 1. The van der Waals surface area contributed by atoms with Gasteiger partial charge in [0, 0.05) is 60.3 Å². The number of aryl methyl sites for hydroxylation is 1. The van der Waals surface area contributed by atoms with Gasteiger partial charge in [0.05, 0.1) is 135 Å². The maximum atomic E-state index is 13.9. The predicted octanol–water partition coefficient (Wildman–Crippen LogP) is 2.65. The summed E-state index contributed by atoms with van der Waals surface area (Å²) in [6.07, 6.45) is 1.89. The summed E-state index contributed by atoms with van der Waals surface area (Å²) in [7, 11) is 0. The molecule has 4 aromatic rings. The number of hydrogen-bond acceptors (Lipinski definition) is 22. The molecule has 27 nitrogen and oxygen atoms in total. The first-order valence-electron chi connectivity index (χ1n) is 29.1. The summed E-state index contributed by atoms with van der Waals surface area (Å²) in [5.41, 5.74) is 10.0. The minimum absolute atomic E-state index is 0.0193. The van der Waals surface area contributed by atoms with Crippen LogP contribution in [-0.2, 0) is 107 Å². The molecule has 87 heavy (non-hydrogen) atoms. The predicted molar refractivity (Wildman–Crippen MR) is 310 cm³/mol. The maximum Gasteiger partial charge on any atom is 0.509 e. The second-order valence-corrected chi connectivity index (χ2v) is 20.0. The van der Waals surface area contributed by atoms with E-state index in [1.54, 1.807) is 47.0 Å². The number of cyclic esters (lactones) is 1. The van der Waals surface area contributed by atoms with Crippen molar-refractivity contribution < 1.29 is 90.8 Å². The van der Waals surface area contributed by atoms with Gasteiger partial charge in [-0.1, -0.05) is 19.1 Å². The smallest absolute Gasteiger partial charge is 0.508 e. The summed E-state index contributed by atoms with van der Waals surface area (Å²) in [6, 6.07) is 12.1. The minimum atomic E-state index is -1.57. The number of hydrogen-bond donors (Lipinski definition) is 5. The molecule has 472 valence electrons. The number of carbonyl (C=O) groups is 7. The van der Waals surface area contributed by atoms with E-state index in [1.807, 2.05) is 6.92 Å². The summed E-state index contributed by atoms with van der Waals surface area (Å²) in [6.45, 7) is 8.02. The third-order valence-electron chi connectivity index (χ3n) is 13.9. The zero-order valence-electron chi connectivity index (χ0n) is 48.9. The van der Waals surface area contributed by atoms with E-state index in [4.69, 9.17) is 62.8 Å². The number of anilines is 1. The van der Waals surface area contributed by atoms with Gasteiger partial charge in [-0.2, -0.15) is 0 Å². The van der Waals surface area contributed by atoms with E-state index in [0.29, 0.717) is 159 Å². The van der Waals surface area contributed by atoms with Crippen LogP contribution in [0.25, 0.3) is 22.3 Å². The number of unbranched alkanes of at least 4 members (excludes halogenated alkanes) is 1. The van der Waals surface area contributed by atoms with Crippen molar-refractivity contribution in [2.75, 3.05) is 131 Å². The quantitative estimate of drug-likeness (QED) is 0.0213. The first-order valence-corrected chi connectivity index (χ1v) is 29.1. The number of rotatable bonds is 41. The molecular formula is C60H77N7O20. The highest BCUT2D eigenvalue weighted by Gasteiger charge is 2.38. The van der Waals surface area contributed by atoms with Crippen molar-refractivity contribution in [2.45, 2.75) is 77.4 Å². The number of pyridine rings is 2. The van der Waals surface area contributed by atoms with Crippen LogP contribution in [0, 0.1) is 0 Å². The lowest BCUT2D eigenvalue weighted by Crippen LogP contribution is -2.44. The molecule has 0 saturated carbocycles. The van der Waals surface area contributed by atoms with Gasteiger partial charge in [0.15, 0.2) is 0 Å². The highest BCUT2D eigenvalue weighted by molar-refractivity contribution is 6.13. The Balaban J connectivity index is 0.675. The minimum Gasteiger partial charge on any atom is -0.508 e. The molecule has 6 N–H and O–H groups in total. The number of carbonyl (C=O) groups excluding carboxylic acids is 7. The lowest BCUT2D eigenvalue weighted by molar-refractivity contribution is -0.159. The van der Waals surface area contributed by atoms with Gasteiger partial charge in [-0.25, -0.2) is 14.6 Å². The fourth-order valence-electron chi connectivity index (χ4n) is 9.44. The summed E-state index contributed by atoms with van der Waals surface area (Å²) in [5.74, 6) is -2.67. The van der Waals surface area contributed by atoms with Crippen molar-refractivity contribution in [1.82, 2.24) is 25.1 Å². The lowest BCUT2D eigenvalue weighted by atomic mass is 9.97. The Labute approximate surface area is 502 Å². The van der Waals surface area contributed by atoms with Crippen molar-refractivity contribution in [3.63, 3.8) is 0 Å². The molecule has 3 aliphatic rings. The molecule has 2 atom stereocenters. The Morgan fingerprint density at radius 1 is 0.724 bits per heavy atom. The van der Waals surface area contributed by atoms with Gasteiger partial charge in [-0.05, 0) is 79.8 Å². The second-order valence-electron chi connectivity index (χ2n) is 20.0. The van der Waals surface area contributed by atoms with Crippen molar-refractivity contribution in [3.05, 3.63) is 98.9 Å². The monoisotopic (exact) mass is 1220 g/mol. The van der Waals surface area contributed by atoms with Crippen LogP contribution in [0.1, 0.15) is 72.9 Å². The number of imide groups is 1. The van der Waals surface area contributed by atoms with Crippen molar-refractivity contribution >= 4 is 58.3 Å². The second kappa shape index (κ2) is 35.8. The molecule has 0 unspecified atom stereocenters. The van der Waals surface area contributed by atoms with Crippen molar-refractivity contribution in [2.24, 2.45) is 5.73 Å². The number of nitrogens with one attached hydrogen (secondary N) is 3. The fraction of sp³-hybridized carbons (Fsp3) is 0.517. The summed E-state index contributed by atoms with van der Waals surface area (Å²) in [5, 5.41) is 19.2. The zero-order chi connectivity index (χ0) is 61.8. The Morgan fingerprint density at radius 3 is 1.92 bits per heavy atom. The zero-order valence-corrected chi connectivity index (χ0v) is 48.9. The van der Waals surface area contributed by atoms with Gasteiger partial charge in [0.1, 0.15) is 25.0 Å². The third-order valence-corrected chi connectivity index (χ3v) is 13.9. The molecule has 3 aliphatic heterocycles. The normalized spacial score (nSPS) is 14.4. The number of nitrogens with zero attached hydrogens (tertiary/aromatic N) is 3. The topological polar surface area (TPSA) is 341 Å². The lowest BCUT2D eigenvalue weighted by Gasteiger charge is -2.24. The Hall–Kier alpha value is -7.73.